The highest BCUT2D eigenvalue weighted by Crippen LogP contribution is 2.24. The van der Waals surface area contributed by atoms with Crippen LogP contribution in [0, 0.1) is 0 Å². The van der Waals surface area contributed by atoms with Crippen LogP contribution in [0.15, 0.2) is 35.5 Å². The summed E-state index contributed by atoms with van der Waals surface area (Å²) in [6.07, 6.45) is 0. The maximum Gasteiger partial charge on any atom is 0.321 e. The molecule has 2 N–H and O–H groups in total. The minimum absolute atomic E-state index is 0.182. The molecule has 7 nitrogen and oxygen atoms in total. The van der Waals surface area contributed by atoms with Crippen LogP contribution in [-0.4, -0.2) is 39.0 Å². The third-order valence-corrected chi connectivity index (χ3v) is 4.20. The first-order valence-electron chi connectivity index (χ1n) is 7.64. The van der Waals surface area contributed by atoms with Gasteiger partial charge < -0.3 is 5.32 Å². The predicted molar refractivity (Wildman–Crippen MR) is 93.4 cm³/mol. The lowest BCUT2D eigenvalue weighted by molar-refractivity contribution is -0.119. The molecule has 128 valence electrons. The van der Waals surface area contributed by atoms with Crippen LogP contribution in [-0.2, 0) is 4.79 Å². The normalized spacial score (nSPS) is 12.0. The Bertz CT molecular complexity index is 715. The maximum absolute atomic E-state index is 12.0. The average molecular weight is 347 g/mol. The van der Waals surface area contributed by atoms with Crippen LogP contribution in [0.25, 0.3) is 5.69 Å². The lowest BCUT2D eigenvalue weighted by atomic mass is 10.2. The van der Waals surface area contributed by atoms with Crippen molar-refractivity contribution in [3.63, 3.8) is 0 Å². The molecule has 3 amide bonds. The van der Waals surface area contributed by atoms with E-state index in [-0.39, 0.29) is 11.8 Å². The summed E-state index contributed by atoms with van der Waals surface area (Å²) >= 11 is 1.22. The summed E-state index contributed by atoms with van der Waals surface area (Å²) in [6.45, 7) is 5.79. The van der Waals surface area contributed by atoms with Crippen LogP contribution in [0.2, 0.25) is 0 Å². The predicted octanol–water partition coefficient (Wildman–Crippen LogP) is 2.33. The number of hydrogen-bond donors (Lipinski definition) is 2. The number of para-hydroxylation sites is 1. The number of nitrogens with one attached hydrogen (secondary N) is 2. The fourth-order valence-corrected chi connectivity index (χ4v) is 2.73. The number of carbonyl (C=O) groups is 2. The monoisotopic (exact) mass is 347 g/mol. The van der Waals surface area contributed by atoms with E-state index in [4.69, 9.17) is 0 Å². The lowest BCUT2D eigenvalue weighted by Gasteiger charge is -2.08. The van der Waals surface area contributed by atoms with E-state index in [9.17, 15) is 9.59 Å². The van der Waals surface area contributed by atoms with E-state index in [2.05, 4.69) is 20.7 Å². The first-order valence-corrected chi connectivity index (χ1v) is 8.52. The molecule has 2 rings (SSSR count). The molecule has 1 aromatic heterocycles. The highest BCUT2D eigenvalue weighted by molar-refractivity contribution is 8.00. The molecular formula is C16H21N5O2S. The van der Waals surface area contributed by atoms with Gasteiger partial charge in [-0.2, -0.15) is 0 Å². The third kappa shape index (κ3) is 4.35. The smallest absolute Gasteiger partial charge is 0.321 e. The zero-order valence-electron chi connectivity index (χ0n) is 14.1. The van der Waals surface area contributed by atoms with Gasteiger partial charge in [0.1, 0.15) is 5.82 Å². The second-order valence-electron chi connectivity index (χ2n) is 5.48. The average Bonchev–Trinajstić information content (AvgIpc) is 2.99. The van der Waals surface area contributed by atoms with Crippen molar-refractivity contribution in [2.24, 2.45) is 0 Å². The number of aromatic nitrogens is 3. The van der Waals surface area contributed by atoms with Gasteiger partial charge in [-0.25, -0.2) is 14.5 Å². The highest BCUT2D eigenvalue weighted by Gasteiger charge is 2.21. The van der Waals surface area contributed by atoms with E-state index in [1.807, 2.05) is 44.2 Å². The van der Waals surface area contributed by atoms with E-state index in [1.165, 1.54) is 18.8 Å². The molecule has 0 bridgehead atoms. The Morgan fingerprint density at radius 3 is 2.42 bits per heavy atom. The summed E-state index contributed by atoms with van der Waals surface area (Å²) in [5.74, 6) is 0.617. The second-order valence-corrected chi connectivity index (χ2v) is 6.79. The van der Waals surface area contributed by atoms with Crippen LogP contribution in [0.4, 0.5) is 4.79 Å². The summed E-state index contributed by atoms with van der Waals surface area (Å²) in [4.78, 5) is 27.7. The largest absolute Gasteiger partial charge is 0.341 e. The van der Waals surface area contributed by atoms with Crippen LogP contribution < -0.4 is 10.6 Å². The first kappa shape index (κ1) is 18.0. The Hall–Kier alpha value is -2.35. The Balaban J connectivity index is 2.20. The molecule has 0 saturated heterocycles. The van der Waals surface area contributed by atoms with E-state index in [0.29, 0.717) is 5.16 Å². The van der Waals surface area contributed by atoms with Crippen molar-refractivity contribution >= 4 is 23.7 Å². The summed E-state index contributed by atoms with van der Waals surface area (Å²) < 4.78 is 1.79. The van der Waals surface area contributed by atoms with Crippen LogP contribution in [0.3, 0.4) is 0 Å². The standard InChI is InChI=1S/C16H21N5O2S/c1-10(2)13-18-16(20-21(13)12-8-6-5-7-9-12)24-11(3)14(22)19-15(23)17-4/h5-11H,1-4H3,(H2,17,19,22,23)/t11-/m0/s1. The molecular weight excluding hydrogens is 326 g/mol. The zero-order chi connectivity index (χ0) is 17.7. The number of amides is 3. The van der Waals surface area contributed by atoms with Gasteiger partial charge in [-0.3, -0.25) is 10.1 Å². The van der Waals surface area contributed by atoms with Crippen LogP contribution in [0.1, 0.15) is 32.5 Å². The molecule has 0 radical (unpaired) electrons. The van der Waals surface area contributed by atoms with Crippen molar-refractivity contribution in [2.75, 3.05) is 7.05 Å². The van der Waals surface area contributed by atoms with E-state index >= 15 is 0 Å². The number of carbonyl (C=O) groups excluding carboxylic acids is 2. The van der Waals surface area contributed by atoms with Gasteiger partial charge in [0.05, 0.1) is 10.9 Å². The number of benzene rings is 1. The molecule has 1 aromatic carbocycles. The molecule has 0 spiro atoms. The summed E-state index contributed by atoms with van der Waals surface area (Å²) in [5.41, 5.74) is 0.919. The molecule has 1 atom stereocenters. The van der Waals surface area contributed by atoms with Gasteiger partial charge >= 0.3 is 6.03 Å². The number of nitrogens with zero attached hydrogens (tertiary/aromatic N) is 3. The summed E-state index contributed by atoms with van der Waals surface area (Å²) in [5, 5.41) is 9.12. The topological polar surface area (TPSA) is 88.9 Å². The molecule has 2 aromatic rings. The van der Waals surface area contributed by atoms with Crippen molar-refractivity contribution < 1.29 is 9.59 Å². The Kier molecular flexibility index (Phi) is 5.97. The quantitative estimate of drug-likeness (QED) is 0.810. The lowest BCUT2D eigenvalue weighted by Crippen LogP contribution is -2.41. The van der Waals surface area contributed by atoms with Gasteiger partial charge in [0, 0.05) is 13.0 Å². The summed E-state index contributed by atoms with van der Waals surface area (Å²) in [7, 11) is 1.46. The van der Waals surface area contributed by atoms with Gasteiger partial charge in [0.15, 0.2) is 0 Å². The Morgan fingerprint density at radius 1 is 1.17 bits per heavy atom. The van der Waals surface area contributed by atoms with E-state index in [1.54, 1.807) is 11.6 Å². The van der Waals surface area contributed by atoms with Crippen molar-refractivity contribution in [2.45, 2.75) is 37.1 Å². The number of thioether (sulfide) groups is 1. The van der Waals surface area contributed by atoms with Crippen molar-refractivity contribution in [1.29, 1.82) is 0 Å². The second kappa shape index (κ2) is 7.96. The Labute approximate surface area is 145 Å². The number of hydrogen-bond acceptors (Lipinski definition) is 5. The molecule has 0 aliphatic carbocycles. The van der Waals surface area contributed by atoms with Gasteiger partial charge in [-0.1, -0.05) is 43.8 Å². The SMILES string of the molecule is CNC(=O)NC(=O)[C@H](C)Sc1nc(C(C)C)n(-c2ccccc2)n1. The van der Waals surface area contributed by atoms with Crippen molar-refractivity contribution in [3.05, 3.63) is 36.2 Å². The molecule has 0 saturated carbocycles. The van der Waals surface area contributed by atoms with Gasteiger partial charge in [0.2, 0.25) is 11.1 Å². The molecule has 0 aliphatic heterocycles. The first-order chi connectivity index (χ1) is 11.4. The van der Waals surface area contributed by atoms with Crippen LogP contribution >= 0.6 is 11.8 Å². The van der Waals surface area contributed by atoms with Crippen molar-refractivity contribution in [3.8, 4) is 5.69 Å². The fourth-order valence-electron chi connectivity index (χ4n) is 1.97. The summed E-state index contributed by atoms with van der Waals surface area (Å²) in [6, 6.07) is 9.20. The van der Waals surface area contributed by atoms with Crippen molar-refractivity contribution in [1.82, 2.24) is 25.4 Å². The number of rotatable bonds is 5. The maximum atomic E-state index is 12.0. The Morgan fingerprint density at radius 2 is 1.83 bits per heavy atom. The fraction of sp³-hybridized carbons (Fsp3) is 0.375. The molecule has 0 aliphatic rings. The molecule has 0 unspecified atom stereocenters. The molecule has 1 heterocycles. The minimum atomic E-state index is -0.530. The molecule has 8 heteroatoms. The van der Waals surface area contributed by atoms with Gasteiger partial charge in [0.25, 0.3) is 0 Å². The molecule has 24 heavy (non-hydrogen) atoms. The van der Waals surface area contributed by atoms with Gasteiger partial charge in [-0.05, 0) is 19.1 Å². The van der Waals surface area contributed by atoms with E-state index < -0.39 is 11.3 Å². The number of imide groups is 1. The van der Waals surface area contributed by atoms with E-state index in [0.717, 1.165) is 11.5 Å². The third-order valence-electron chi connectivity index (χ3n) is 3.25. The number of urea groups is 1. The minimum Gasteiger partial charge on any atom is -0.341 e. The van der Waals surface area contributed by atoms with Crippen LogP contribution in [0.5, 0.6) is 0 Å². The molecule has 0 fully saturated rings. The zero-order valence-corrected chi connectivity index (χ0v) is 14.9. The van der Waals surface area contributed by atoms with Gasteiger partial charge in [-0.15, -0.1) is 5.10 Å². The highest BCUT2D eigenvalue weighted by atomic mass is 32.2.